The number of ether oxygens (including phenoxy) is 2. The Morgan fingerprint density at radius 1 is 1.24 bits per heavy atom. The molecular formula is C13H20O4. The molecule has 4 nitrogen and oxygen atoms in total. The maximum atomic E-state index is 11.7. The molecule has 3 saturated heterocycles. The standard InChI is InChI=1S/C13H20O4/c14-12(15)13(7-9-3-5-16-6-4-9)8-10-1-2-11(13)17-10/h9-11H,1-8H2,(H,14,15). The Morgan fingerprint density at radius 2 is 2.00 bits per heavy atom. The van der Waals surface area contributed by atoms with Gasteiger partial charge in [0.05, 0.1) is 17.6 Å². The molecule has 0 radical (unpaired) electrons. The summed E-state index contributed by atoms with van der Waals surface area (Å²) in [5.74, 6) is -0.140. The minimum Gasteiger partial charge on any atom is -0.481 e. The Kier molecular flexibility index (Phi) is 2.87. The molecule has 3 fully saturated rings. The second-order valence-corrected chi connectivity index (χ2v) is 5.75. The van der Waals surface area contributed by atoms with E-state index in [0.29, 0.717) is 5.92 Å². The molecule has 3 unspecified atom stereocenters. The summed E-state index contributed by atoms with van der Waals surface area (Å²) in [6, 6.07) is 0. The fourth-order valence-electron chi connectivity index (χ4n) is 3.79. The normalized spacial score (nSPS) is 41.9. The van der Waals surface area contributed by atoms with E-state index in [1.54, 1.807) is 0 Å². The minimum atomic E-state index is -0.642. The van der Waals surface area contributed by atoms with E-state index in [4.69, 9.17) is 9.47 Å². The first-order valence-electron chi connectivity index (χ1n) is 6.67. The van der Waals surface area contributed by atoms with Gasteiger partial charge < -0.3 is 14.6 Å². The van der Waals surface area contributed by atoms with E-state index in [1.165, 1.54) is 0 Å². The number of hydrogen-bond acceptors (Lipinski definition) is 3. The van der Waals surface area contributed by atoms with E-state index < -0.39 is 11.4 Å². The van der Waals surface area contributed by atoms with Crippen molar-refractivity contribution in [1.29, 1.82) is 0 Å². The van der Waals surface area contributed by atoms with Crippen molar-refractivity contribution in [3.8, 4) is 0 Å². The lowest BCUT2D eigenvalue weighted by Gasteiger charge is -2.35. The predicted molar refractivity (Wildman–Crippen MR) is 60.7 cm³/mol. The Labute approximate surface area is 101 Å². The van der Waals surface area contributed by atoms with Crippen molar-refractivity contribution >= 4 is 5.97 Å². The van der Waals surface area contributed by atoms with Crippen LogP contribution >= 0.6 is 0 Å². The lowest BCUT2D eigenvalue weighted by Crippen LogP contribution is -2.42. The maximum Gasteiger partial charge on any atom is 0.312 e. The number of rotatable bonds is 3. The van der Waals surface area contributed by atoms with Gasteiger partial charge in [0.1, 0.15) is 0 Å². The van der Waals surface area contributed by atoms with Gasteiger partial charge in [0.15, 0.2) is 0 Å². The fourth-order valence-corrected chi connectivity index (χ4v) is 3.79. The zero-order valence-corrected chi connectivity index (χ0v) is 10.1. The van der Waals surface area contributed by atoms with Crippen molar-refractivity contribution in [2.75, 3.05) is 13.2 Å². The quantitative estimate of drug-likeness (QED) is 0.817. The summed E-state index contributed by atoms with van der Waals surface area (Å²) in [4.78, 5) is 11.7. The van der Waals surface area contributed by atoms with E-state index in [0.717, 1.165) is 51.7 Å². The molecule has 3 aliphatic rings. The highest BCUT2D eigenvalue weighted by Gasteiger charge is 2.57. The first-order valence-corrected chi connectivity index (χ1v) is 6.67. The average Bonchev–Trinajstić information content (AvgIpc) is 2.91. The summed E-state index contributed by atoms with van der Waals surface area (Å²) in [6.45, 7) is 1.57. The van der Waals surface area contributed by atoms with E-state index in [9.17, 15) is 9.90 Å². The molecule has 3 atom stereocenters. The number of carboxylic acids is 1. The van der Waals surface area contributed by atoms with Crippen LogP contribution in [0.4, 0.5) is 0 Å². The first-order chi connectivity index (χ1) is 8.21. The van der Waals surface area contributed by atoms with Crippen LogP contribution in [0.2, 0.25) is 0 Å². The largest absolute Gasteiger partial charge is 0.481 e. The van der Waals surface area contributed by atoms with Crippen molar-refractivity contribution in [3.63, 3.8) is 0 Å². The Hall–Kier alpha value is -0.610. The van der Waals surface area contributed by atoms with Crippen LogP contribution in [-0.4, -0.2) is 36.5 Å². The number of carboxylic acid groups (broad SMARTS) is 1. The second kappa shape index (κ2) is 4.25. The molecule has 17 heavy (non-hydrogen) atoms. The molecule has 0 aliphatic carbocycles. The van der Waals surface area contributed by atoms with Gasteiger partial charge in [-0.3, -0.25) is 4.79 Å². The highest BCUT2D eigenvalue weighted by Crippen LogP contribution is 2.52. The summed E-state index contributed by atoms with van der Waals surface area (Å²) in [6.07, 6.45) is 5.67. The topological polar surface area (TPSA) is 55.8 Å². The Balaban J connectivity index is 1.74. The highest BCUT2D eigenvalue weighted by molar-refractivity contribution is 5.76. The molecule has 0 spiro atoms. The summed E-state index contributed by atoms with van der Waals surface area (Å²) in [7, 11) is 0. The van der Waals surface area contributed by atoms with E-state index in [-0.39, 0.29) is 12.2 Å². The summed E-state index contributed by atoms with van der Waals surface area (Å²) in [5.41, 5.74) is -0.592. The summed E-state index contributed by atoms with van der Waals surface area (Å²) in [5, 5.41) is 9.61. The Bertz CT molecular complexity index is 311. The zero-order valence-electron chi connectivity index (χ0n) is 10.1. The van der Waals surface area contributed by atoms with Crippen LogP contribution in [0.15, 0.2) is 0 Å². The van der Waals surface area contributed by atoms with Crippen LogP contribution in [0.25, 0.3) is 0 Å². The third kappa shape index (κ3) is 1.87. The molecular weight excluding hydrogens is 220 g/mol. The fraction of sp³-hybridized carbons (Fsp3) is 0.923. The molecule has 0 aromatic carbocycles. The molecule has 2 bridgehead atoms. The van der Waals surface area contributed by atoms with Gasteiger partial charge in [-0.1, -0.05) is 0 Å². The predicted octanol–water partition coefficient (Wildman–Crippen LogP) is 1.83. The molecule has 3 heterocycles. The van der Waals surface area contributed by atoms with Gasteiger partial charge in [-0.25, -0.2) is 0 Å². The van der Waals surface area contributed by atoms with Gasteiger partial charge in [0.25, 0.3) is 0 Å². The minimum absolute atomic E-state index is 0.0344. The lowest BCUT2D eigenvalue weighted by atomic mass is 9.68. The number of fused-ring (bicyclic) bond motifs is 2. The van der Waals surface area contributed by atoms with Gasteiger partial charge in [-0.2, -0.15) is 0 Å². The Morgan fingerprint density at radius 3 is 2.53 bits per heavy atom. The number of hydrogen-bond donors (Lipinski definition) is 1. The van der Waals surface area contributed by atoms with Gasteiger partial charge >= 0.3 is 5.97 Å². The van der Waals surface area contributed by atoms with Gasteiger partial charge in [0.2, 0.25) is 0 Å². The van der Waals surface area contributed by atoms with E-state index >= 15 is 0 Å². The molecule has 0 saturated carbocycles. The molecule has 3 rings (SSSR count). The number of carbonyl (C=O) groups is 1. The number of aliphatic carboxylic acids is 1. The summed E-state index contributed by atoms with van der Waals surface area (Å²) < 4.78 is 11.1. The maximum absolute atomic E-state index is 11.7. The monoisotopic (exact) mass is 240 g/mol. The average molecular weight is 240 g/mol. The van der Waals surface area contributed by atoms with Crippen molar-refractivity contribution in [1.82, 2.24) is 0 Å². The molecule has 4 heteroatoms. The van der Waals surface area contributed by atoms with Gasteiger partial charge in [-0.05, 0) is 44.4 Å². The highest BCUT2D eigenvalue weighted by atomic mass is 16.5. The SMILES string of the molecule is O=C(O)C1(CC2CCOCC2)CC2CCC1O2. The van der Waals surface area contributed by atoms with E-state index in [1.807, 2.05) is 0 Å². The lowest BCUT2D eigenvalue weighted by molar-refractivity contribution is -0.154. The first kappa shape index (κ1) is 11.5. The van der Waals surface area contributed by atoms with Crippen LogP contribution in [0.5, 0.6) is 0 Å². The van der Waals surface area contributed by atoms with Crippen molar-refractivity contribution in [3.05, 3.63) is 0 Å². The molecule has 1 N–H and O–H groups in total. The zero-order chi connectivity index (χ0) is 11.9. The molecule has 0 aromatic heterocycles. The van der Waals surface area contributed by atoms with E-state index in [2.05, 4.69) is 0 Å². The summed E-state index contributed by atoms with van der Waals surface area (Å²) >= 11 is 0. The van der Waals surface area contributed by atoms with Crippen molar-refractivity contribution in [2.45, 2.75) is 50.7 Å². The molecule has 96 valence electrons. The molecule has 0 amide bonds. The van der Waals surface area contributed by atoms with Crippen LogP contribution in [0.3, 0.4) is 0 Å². The second-order valence-electron chi connectivity index (χ2n) is 5.75. The molecule has 3 aliphatic heterocycles. The molecule has 0 aromatic rings. The van der Waals surface area contributed by atoms with Crippen LogP contribution in [-0.2, 0) is 14.3 Å². The van der Waals surface area contributed by atoms with Gasteiger partial charge in [0, 0.05) is 13.2 Å². The van der Waals surface area contributed by atoms with Crippen molar-refractivity contribution < 1.29 is 19.4 Å². The van der Waals surface area contributed by atoms with Crippen LogP contribution in [0.1, 0.15) is 38.5 Å². The van der Waals surface area contributed by atoms with Crippen LogP contribution in [0, 0.1) is 11.3 Å². The van der Waals surface area contributed by atoms with Crippen LogP contribution < -0.4 is 0 Å². The van der Waals surface area contributed by atoms with Gasteiger partial charge in [-0.15, -0.1) is 0 Å². The smallest absolute Gasteiger partial charge is 0.312 e. The third-order valence-electron chi connectivity index (χ3n) is 4.74. The van der Waals surface area contributed by atoms with Crippen molar-refractivity contribution in [2.24, 2.45) is 11.3 Å². The third-order valence-corrected chi connectivity index (χ3v) is 4.74.